The molecule has 2 rings (SSSR count). The minimum absolute atomic E-state index is 0.0856. The molecule has 2 heterocycles. The van der Waals surface area contributed by atoms with Crippen molar-refractivity contribution in [2.45, 2.75) is 51.4 Å². The maximum Gasteiger partial charge on any atom is 0.407 e. The molecule has 0 aliphatic carbocycles. The molecule has 122 valence electrons. The summed E-state index contributed by atoms with van der Waals surface area (Å²) in [4.78, 5) is 22.5. The lowest BCUT2D eigenvalue weighted by molar-refractivity contribution is -0.130. The number of alkyl carbamates (subject to hydrolysis) is 1. The van der Waals surface area contributed by atoms with E-state index in [0.29, 0.717) is 19.5 Å². The number of ether oxygens (including phenoxy) is 1. The summed E-state index contributed by atoms with van der Waals surface area (Å²) in [6, 6.07) is -0.559. The number of rotatable bonds is 5. The number of amides is 2. The Morgan fingerprint density at radius 3 is 2.86 bits per heavy atom. The molecule has 4 N–H and O–H groups in total. The van der Waals surface area contributed by atoms with Gasteiger partial charge < -0.3 is 21.1 Å². The van der Waals surface area contributed by atoms with Crippen LogP contribution >= 0.6 is 0 Å². The Balaban J connectivity index is 1.71. The molecule has 0 bridgehead atoms. The van der Waals surface area contributed by atoms with Crippen LogP contribution in [0.15, 0.2) is 6.20 Å². The van der Waals surface area contributed by atoms with E-state index in [9.17, 15) is 9.59 Å². The molecule has 2 amide bonds. The summed E-state index contributed by atoms with van der Waals surface area (Å²) in [6.07, 6.45) is 1.86. The monoisotopic (exact) mass is 310 g/mol. The van der Waals surface area contributed by atoms with Crippen LogP contribution in [0.4, 0.5) is 4.79 Å². The number of nitrogens with one attached hydrogen (secondary N) is 2. The lowest BCUT2D eigenvalue weighted by atomic mass is 9.96. The van der Waals surface area contributed by atoms with E-state index in [2.05, 4.69) is 20.9 Å². The Bertz CT molecular complexity index is 550. The molecule has 2 unspecified atom stereocenters. The van der Waals surface area contributed by atoms with Crippen LogP contribution < -0.4 is 16.4 Å². The predicted octanol–water partition coefficient (Wildman–Crippen LogP) is -0.829. The third kappa shape index (κ3) is 4.42. The fraction of sp³-hybridized carbons (Fsp3) is 0.692. The first-order chi connectivity index (χ1) is 10.2. The molecule has 22 heavy (non-hydrogen) atoms. The fourth-order valence-electron chi connectivity index (χ4n) is 1.99. The van der Waals surface area contributed by atoms with Gasteiger partial charge in [0.15, 0.2) is 0 Å². The van der Waals surface area contributed by atoms with E-state index < -0.39 is 17.7 Å². The summed E-state index contributed by atoms with van der Waals surface area (Å²) in [6.45, 7) is 6.29. The van der Waals surface area contributed by atoms with Crippen LogP contribution in [0.25, 0.3) is 0 Å². The molecule has 0 saturated carbocycles. The van der Waals surface area contributed by atoms with Crippen molar-refractivity contribution in [3.63, 3.8) is 0 Å². The second-order valence-electron chi connectivity index (χ2n) is 6.25. The molecule has 0 radical (unpaired) electrons. The van der Waals surface area contributed by atoms with Crippen molar-refractivity contribution < 1.29 is 14.3 Å². The molecule has 0 aromatic carbocycles. The molecule has 1 aromatic rings. The molecule has 1 aromatic heterocycles. The lowest BCUT2D eigenvalue weighted by Gasteiger charge is -2.33. The number of nitrogens with zero attached hydrogens (tertiary/aromatic N) is 3. The average molecular weight is 310 g/mol. The number of β-lactam (4-membered cyclic amide) rings is 1. The van der Waals surface area contributed by atoms with Gasteiger partial charge in [-0.15, -0.1) is 5.10 Å². The smallest absolute Gasteiger partial charge is 0.407 e. The summed E-state index contributed by atoms with van der Waals surface area (Å²) in [5, 5.41) is 13.3. The van der Waals surface area contributed by atoms with Crippen LogP contribution in [-0.2, 0) is 22.5 Å². The van der Waals surface area contributed by atoms with E-state index in [1.165, 1.54) is 0 Å². The maximum absolute atomic E-state index is 11.5. The SMILES string of the molecule is CC(C)(C)OC(=O)NCCn1cc(CC2NC(=O)C2N)nn1. The van der Waals surface area contributed by atoms with Gasteiger partial charge in [0.25, 0.3) is 0 Å². The van der Waals surface area contributed by atoms with Crippen molar-refractivity contribution in [1.82, 2.24) is 25.6 Å². The first-order valence-electron chi connectivity index (χ1n) is 7.16. The summed E-state index contributed by atoms with van der Waals surface area (Å²) in [5.41, 5.74) is 5.89. The normalized spacial score (nSPS) is 21.0. The van der Waals surface area contributed by atoms with Crippen molar-refractivity contribution in [3.8, 4) is 0 Å². The summed E-state index contributed by atoms with van der Waals surface area (Å²) >= 11 is 0. The topological polar surface area (TPSA) is 124 Å². The predicted molar refractivity (Wildman–Crippen MR) is 77.9 cm³/mol. The Morgan fingerprint density at radius 1 is 1.55 bits per heavy atom. The van der Waals surface area contributed by atoms with Gasteiger partial charge in [-0.3, -0.25) is 9.48 Å². The quantitative estimate of drug-likeness (QED) is 0.610. The zero-order valence-electron chi connectivity index (χ0n) is 13.0. The first kappa shape index (κ1) is 16.2. The largest absolute Gasteiger partial charge is 0.444 e. The molecule has 9 nitrogen and oxygen atoms in total. The number of hydrogen-bond donors (Lipinski definition) is 3. The summed E-state index contributed by atoms with van der Waals surface area (Å²) < 4.78 is 6.75. The van der Waals surface area contributed by atoms with Crippen LogP contribution in [0, 0.1) is 0 Å². The lowest BCUT2D eigenvalue weighted by Crippen LogP contribution is -2.67. The Morgan fingerprint density at radius 2 is 2.27 bits per heavy atom. The highest BCUT2D eigenvalue weighted by molar-refractivity contribution is 5.89. The third-order valence-corrected chi connectivity index (χ3v) is 3.09. The Labute approximate surface area is 128 Å². The van der Waals surface area contributed by atoms with Gasteiger partial charge in [-0.25, -0.2) is 4.79 Å². The van der Waals surface area contributed by atoms with Gasteiger partial charge in [-0.05, 0) is 20.8 Å². The minimum Gasteiger partial charge on any atom is -0.444 e. The van der Waals surface area contributed by atoms with Crippen LogP contribution in [0.2, 0.25) is 0 Å². The third-order valence-electron chi connectivity index (χ3n) is 3.09. The second-order valence-corrected chi connectivity index (χ2v) is 6.25. The summed E-state index contributed by atoms with van der Waals surface area (Å²) in [5.74, 6) is -0.140. The molecule has 1 aliphatic heterocycles. The molecular weight excluding hydrogens is 288 g/mol. The van der Waals surface area contributed by atoms with Gasteiger partial charge >= 0.3 is 6.09 Å². The van der Waals surface area contributed by atoms with Crippen LogP contribution in [0.5, 0.6) is 0 Å². The highest BCUT2D eigenvalue weighted by atomic mass is 16.6. The van der Waals surface area contributed by atoms with Crippen molar-refractivity contribution in [2.24, 2.45) is 5.73 Å². The van der Waals surface area contributed by atoms with Gasteiger partial charge in [0.05, 0.1) is 18.3 Å². The van der Waals surface area contributed by atoms with E-state index in [1.807, 2.05) is 0 Å². The maximum atomic E-state index is 11.5. The van der Waals surface area contributed by atoms with E-state index in [4.69, 9.17) is 10.5 Å². The number of hydrogen-bond acceptors (Lipinski definition) is 6. The number of carbonyl (C=O) groups excluding carboxylic acids is 2. The molecule has 1 aliphatic rings. The molecule has 0 spiro atoms. The highest BCUT2D eigenvalue weighted by Crippen LogP contribution is 2.09. The number of carbonyl (C=O) groups is 2. The van der Waals surface area contributed by atoms with E-state index in [0.717, 1.165) is 5.69 Å². The van der Waals surface area contributed by atoms with Crippen LogP contribution in [-0.4, -0.2) is 51.2 Å². The zero-order valence-corrected chi connectivity index (χ0v) is 13.0. The van der Waals surface area contributed by atoms with E-state index in [1.54, 1.807) is 31.6 Å². The minimum atomic E-state index is -0.517. The van der Waals surface area contributed by atoms with Crippen molar-refractivity contribution in [1.29, 1.82) is 0 Å². The standard InChI is InChI=1S/C13H22N6O3/c1-13(2,3)22-12(21)15-4-5-19-7-8(17-18-19)6-9-10(14)11(20)16-9/h7,9-10H,4-6,14H2,1-3H3,(H,15,21)(H,16,20). The van der Waals surface area contributed by atoms with E-state index in [-0.39, 0.29) is 11.9 Å². The second kappa shape index (κ2) is 6.30. The average Bonchev–Trinajstić information content (AvgIpc) is 2.83. The van der Waals surface area contributed by atoms with E-state index >= 15 is 0 Å². The van der Waals surface area contributed by atoms with Crippen molar-refractivity contribution >= 4 is 12.0 Å². The first-order valence-corrected chi connectivity index (χ1v) is 7.16. The highest BCUT2D eigenvalue weighted by Gasteiger charge is 2.36. The summed E-state index contributed by atoms with van der Waals surface area (Å²) in [7, 11) is 0. The number of nitrogens with two attached hydrogens (primary N) is 1. The zero-order chi connectivity index (χ0) is 16.3. The van der Waals surface area contributed by atoms with Gasteiger partial charge in [0.1, 0.15) is 11.6 Å². The number of aromatic nitrogens is 3. The van der Waals surface area contributed by atoms with Crippen molar-refractivity contribution in [2.75, 3.05) is 6.54 Å². The van der Waals surface area contributed by atoms with Gasteiger partial charge in [-0.1, -0.05) is 5.21 Å². The van der Waals surface area contributed by atoms with Crippen LogP contribution in [0.3, 0.4) is 0 Å². The Kier molecular flexibility index (Phi) is 4.65. The molecule has 1 fully saturated rings. The molecule has 1 saturated heterocycles. The molecule has 9 heteroatoms. The Hall–Kier alpha value is -2.16. The molecule has 2 atom stereocenters. The van der Waals surface area contributed by atoms with Crippen molar-refractivity contribution in [3.05, 3.63) is 11.9 Å². The fourth-order valence-corrected chi connectivity index (χ4v) is 1.99. The van der Waals surface area contributed by atoms with Gasteiger partial charge in [-0.2, -0.15) is 0 Å². The van der Waals surface area contributed by atoms with Gasteiger partial charge in [0, 0.05) is 19.2 Å². The van der Waals surface area contributed by atoms with Crippen LogP contribution in [0.1, 0.15) is 26.5 Å². The van der Waals surface area contributed by atoms with Gasteiger partial charge in [0.2, 0.25) is 5.91 Å². The molecular formula is C13H22N6O3.